The van der Waals surface area contributed by atoms with E-state index >= 15 is 0 Å². The molecule has 11 heteroatoms. The van der Waals surface area contributed by atoms with Crippen LogP contribution in [0, 0.1) is 11.8 Å². The maximum Gasteiger partial charge on any atom is 0.351 e. The molecule has 1 aromatic carbocycles. The third kappa shape index (κ3) is 4.70. The molecule has 1 aliphatic carbocycles. The Kier molecular flexibility index (Phi) is 6.58. The van der Waals surface area contributed by atoms with Crippen LogP contribution in [0.25, 0.3) is 0 Å². The van der Waals surface area contributed by atoms with Crippen LogP contribution in [0.3, 0.4) is 0 Å². The molecule has 156 valence electrons. The van der Waals surface area contributed by atoms with E-state index in [9.17, 15) is 40.0 Å². The first-order chi connectivity index (χ1) is 13.5. The van der Waals surface area contributed by atoms with Crippen LogP contribution in [0.4, 0.5) is 4.79 Å². The number of hydrogen-bond donors (Lipinski definition) is 6. The molecule has 3 unspecified atom stereocenters. The van der Waals surface area contributed by atoms with E-state index in [1.807, 2.05) is 0 Å². The van der Waals surface area contributed by atoms with Crippen molar-refractivity contribution in [1.82, 2.24) is 5.06 Å². The Morgan fingerprint density at radius 3 is 2.62 bits per heavy atom. The number of hydroxylamine groups is 2. The van der Waals surface area contributed by atoms with Crippen molar-refractivity contribution >= 4 is 17.8 Å². The summed E-state index contributed by atoms with van der Waals surface area (Å²) in [6, 6.07) is 3.56. The number of primary amides is 1. The molecule has 7 N–H and O–H groups in total. The number of benzene rings is 1. The highest BCUT2D eigenvalue weighted by atomic mass is 16.6. The first-order valence-electron chi connectivity index (χ1n) is 8.39. The standard InChI is InChI=1S/C18H20N2O9/c1-9(20(28)17(19)26)5-6-10-3-2-4-11(7-10)29-16(25)18(27)8-12(21)13(22)14(23)15(18)24/h2-4,7,9,12-14,21-23,27-28H,8H2,1H3,(H2,19,26)/t9?,12-,13?,14-,18?/m1/s1. The second-order valence-electron chi connectivity index (χ2n) is 6.48. The van der Waals surface area contributed by atoms with Crippen LogP contribution in [0.5, 0.6) is 5.75 Å². The highest BCUT2D eigenvalue weighted by Crippen LogP contribution is 2.28. The molecular weight excluding hydrogens is 388 g/mol. The summed E-state index contributed by atoms with van der Waals surface area (Å²) in [4.78, 5) is 35.2. The molecule has 5 atom stereocenters. The Morgan fingerprint density at radius 2 is 2.00 bits per heavy atom. The maximum atomic E-state index is 12.3. The number of urea groups is 1. The number of esters is 1. The summed E-state index contributed by atoms with van der Waals surface area (Å²) < 4.78 is 4.98. The summed E-state index contributed by atoms with van der Waals surface area (Å²) in [5.41, 5.74) is 2.38. The molecule has 11 nitrogen and oxygen atoms in total. The first kappa shape index (κ1) is 22.3. The molecule has 0 aliphatic heterocycles. The number of aliphatic hydroxyl groups is 4. The smallest absolute Gasteiger partial charge is 0.351 e. The monoisotopic (exact) mass is 408 g/mol. The van der Waals surface area contributed by atoms with Crippen LogP contribution in [0.15, 0.2) is 24.3 Å². The molecule has 0 heterocycles. The molecule has 0 radical (unpaired) electrons. The summed E-state index contributed by atoms with van der Waals surface area (Å²) in [6.45, 7) is 1.41. The van der Waals surface area contributed by atoms with Gasteiger partial charge in [0.15, 0.2) is 0 Å². The van der Waals surface area contributed by atoms with E-state index in [-0.39, 0.29) is 10.8 Å². The van der Waals surface area contributed by atoms with E-state index in [1.54, 1.807) is 0 Å². The molecule has 2 amide bonds. The van der Waals surface area contributed by atoms with E-state index < -0.39 is 54.2 Å². The van der Waals surface area contributed by atoms with Crippen molar-refractivity contribution in [3.05, 3.63) is 29.8 Å². The fourth-order valence-electron chi connectivity index (χ4n) is 2.59. The largest absolute Gasteiger partial charge is 0.424 e. The number of carbonyl (C=O) groups excluding carboxylic acids is 3. The fourth-order valence-corrected chi connectivity index (χ4v) is 2.59. The van der Waals surface area contributed by atoms with E-state index in [1.165, 1.54) is 31.2 Å². The first-order valence-corrected chi connectivity index (χ1v) is 8.39. The average molecular weight is 408 g/mol. The summed E-state index contributed by atoms with van der Waals surface area (Å²) in [6.07, 6.45) is -6.55. The Balaban J connectivity index is 2.17. The third-order valence-electron chi connectivity index (χ3n) is 4.30. The number of nitrogens with two attached hydrogens (primary N) is 1. The highest BCUT2D eigenvalue weighted by molar-refractivity contribution is 6.10. The topological polar surface area (TPSA) is 191 Å². The lowest BCUT2D eigenvalue weighted by atomic mass is 9.78. The number of amides is 2. The van der Waals surface area contributed by atoms with E-state index in [4.69, 9.17) is 10.5 Å². The molecule has 1 aromatic rings. The number of Topliss-reactive ketones (excluding diaryl/α,β-unsaturated/α-hetero) is 1. The van der Waals surface area contributed by atoms with Gasteiger partial charge in [0.25, 0.3) is 0 Å². The van der Waals surface area contributed by atoms with Crippen LogP contribution in [-0.2, 0) is 9.59 Å². The summed E-state index contributed by atoms with van der Waals surface area (Å²) in [5.74, 6) is 2.22. The quantitative estimate of drug-likeness (QED) is 0.0811. The number of nitrogens with zero attached hydrogens (tertiary/aromatic N) is 1. The molecule has 2 rings (SSSR count). The molecule has 0 bridgehead atoms. The Labute approximate surface area is 164 Å². The predicted octanol–water partition coefficient (Wildman–Crippen LogP) is -2.11. The van der Waals surface area contributed by atoms with Crippen molar-refractivity contribution in [2.24, 2.45) is 5.73 Å². The van der Waals surface area contributed by atoms with Gasteiger partial charge in [-0.15, -0.1) is 0 Å². The second kappa shape index (κ2) is 8.56. The summed E-state index contributed by atoms with van der Waals surface area (Å²) in [5, 5.41) is 48.7. The highest BCUT2D eigenvalue weighted by Gasteiger charge is 2.56. The van der Waals surface area contributed by atoms with Crippen molar-refractivity contribution in [2.45, 2.75) is 43.3 Å². The van der Waals surface area contributed by atoms with Gasteiger partial charge in [0.1, 0.15) is 24.0 Å². The van der Waals surface area contributed by atoms with Gasteiger partial charge in [0.05, 0.1) is 6.10 Å². The average Bonchev–Trinajstić information content (AvgIpc) is 2.68. The van der Waals surface area contributed by atoms with Gasteiger partial charge in [0, 0.05) is 12.0 Å². The summed E-state index contributed by atoms with van der Waals surface area (Å²) in [7, 11) is 0. The molecule has 0 spiro atoms. The lowest BCUT2D eigenvalue weighted by Gasteiger charge is -2.36. The Hall–Kier alpha value is -3.01. The minimum atomic E-state index is -2.84. The van der Waals surface area contributed by atoms with Crippen LogP contribution in [0.1, 0.15) is 18.9 Å². The molecule has 0 aromatic heterocycles. The number of ketones is 1. The van der Waals surface area contributed by atoms with E-state index in [2.05, 4.69) is 11.8 Å². The number of carbonyl (C=O) groups is 3. The van der Waals surface area contributed by atoms with Crippen molar-refractivity contribution in [3.8, 4) is 17.6 Å². The molecule has 29 heavy (non-hydrogen) atoms. The van der Waals surface area contributed by atoms with E-state index in [0.29, 0.717) is 5.56 Å². The molecule has 1 fully saturated rings. The Morgan fingerprint density at radius 1 is 1.34 bits per heavy atom. The van der Waals surface area contributed by atoms with Crippen LogP contribution in [0.2, 0.25) is 0 Å². The van der Waals surface area contributed by atoms with Gasteiger partial charge in [-0.3, -0.25) is 10.0 Å². The van der Waals surface area contributed by atoms with Gasteiger partial charge in [-0.1, -0.05) is 17.9 Å². The fraction of sp³-hybridized carbons (Fsp3) is 0.389. The Bertz CT molecular complexity index is 878. The van der Waals surface area contributed by atoms with Crippen molar-refractivity contribution in [3.63, 3.8) is 0 Å². The van der Waals surface area contributed by atoms with Crippen LogP contribution >= 0.6 is 0 Å². The zero-order chi connectivity index (χ0) is 21.9. The van der Waals surface area contributed by atoms with Gasteiger partial charge in [-0.05, 0) is 25.1 Å². The third-order valence-corrected chi connectivity index (χ3v) is 4.30. The zero-order valence-electron chi connectivity index (χ0n) is 15.2. The second-order valence-corrected chi connectivity index (χ2v) is 6.48. The van der Waals surface area contributed by atoms with Gasteiger partial charge in [-0.2, -0.15) is 5.06 Å². The van der Waals surface area contributed by atoms with Gasteiger partial charge < -0.3 is 30.9 Å². The lowest BCUT2D eigenvalue weighted by molar-refractivity contribution is -0.189. The molecule has 0 saturated heterocycles. The van der Waals surface area contributed by atoms with Gasteiger partial charge >= 0.3 is 12.0 Å². The SMILES string of the molecule is CC(C#Cc1cccc(OC(=O)C2(O)C[C@@H](O)C(O)[C@@H](O)C2=O)c1)N(O)C(N)=O. The zero-order valence-corrected chi connectivity index (χ0v) is 15.2. The summed E-state index contributed by atoms with van der Waals surface area (Å²) >= 11 is 0. The minimum absolute atomic E-state index is 0.110. The molecule has 1 aliphatic rings. The number of rotatable bonds is 3. The van der Waals surface area contributed by atoms with Crippen molar-refractivity contribution in [1.29, 1.82) is 0 Å². The van der Waals surface area contributed by atoms with Gasteiger partial charge in [0.2, 0.25) is 11.4 Å². The van der Waals surface area contributed by atoms with E-state index in [0.717, 1.165) is 0 Å². The number of ether oxygens (including phenoxy) is 1. The molecular formula is C18H20N2O9. The number of aliphatic hydroxyl groups excluding tert-OH is 3. The van der Waals surface area contributed by atoms with Crippen molar-refractivity contribution < 1.29 is 44.8 Å². The maximum absolute atomic E-state index is 12.3. The predicted molar refractivity (Wildman–Crippen MR) is 94.2 cm³/mol. The van der Waals surface area contributed by atoms with Crippen LogP contribution < -0.4 is 10.5 Å². The molecule has 1 saturated carbocycles. The van der Waals surface area contributed by atoms with Crippen LogP contribution in [-0.4, -0.2) is 78.4 Å². The number of hydrogen-bond acceptors (Lipinski definition) is 9. The normalized spacial score (nSPS) is 27.4. The minimum Gasteiger partial charge on any atom is -0.424 e. The lowest BCUT2D eigenvalue weighted by Crippen LogP contribution is -2.64. The van der Waals surface area contributed by atoms with Gasteiger partial charge in [-0.25, -0.2) is 9.59 Å². The van der Waals surface area contributed by atoms with Crippen molar-refractivity contribution in [2.75, 3.05) is 0 Å².